The van der Waals surface area contributed by atoms with E-state index in [2.05, 4.69) is 20.6 Å². The van der Waals surface area contributed by atoms with Crippen LogP contribution in [0.15, 0.2) is 67.5 Å². The first kappa shape index (κ1) is 14.8. The lowest BCUT2D eigenvalue weighted by Gasteiger charge is -2.12. The lowest BCUT2D eigenvalue weighted by Crippen LogP contribution is -2.34. The number of para-hydroxylation sites is 1. The van der Waals surface area contributed by atoms with Crippen LogP contribution in [0.4, 0.5) is 4.79 Å². The SMILES string of the molecule is O=C(NCc1cccnc1)NCc1ccccc1-n1ccnc1. The van der Waals surface area contributed by atoms with Crippen LogP contribution < -0.4 is 10.6 Å². The van der Waals surface area contributed by atoms with Gasteiger partial charge in [-0.15, -0.1) is 0 Å². The first-order valence-electron chi connectivity index (χ1n) is 7.30. The average molecular weight is 307 g/mol. The standard InChI is InChI=1S/C17H17N5O/c23-17(20-11-14-4-3-7-18-10-14)21-12-15-5-1-2-6-16(15)22-9-8-19-13-22/h1-10,13H,11-12H2,(H2,20,21,23). The zero-order valence-electron chi connectivity index (χ0n) is 12.5. The minimum Gasteiger partial charge on any atom is -0.334 e. The van der Waals surface area contributed by atoms with Crippen LogP contribution >= 0.6 is 0 Å². The number of urea groups is 1. The molecular weight excluding hydrogens is 290 g/mol. The van der Waals surface area contributed by atoms with Gasteiger partial charge in [-0.05, 0) is 23.3 Å². The summed E-state index contributed by atoms with van der Waals surface area (Å²) >= 11 is 0. The Balaban J connectivity index is 1.57. The minimum atomic E-state index is -0.214. The van der Waals surface area contributed by atoms with Gasteiger partial charge in [-0.1, -0.05) is 24.3 Å². The molecule has 0 unspecified atom stereocenters. The van der Waals surface area contributed by atoms with Crippen molar-refractivity contribution in [3.05, 3.63) is 78.6 Å². The summed E-state index contributed by atoms with van der Waals surface area (Å²) in [6.07, 6.45) is 8.78. The highest BCUT2D eigenvalue weighted by atomic mass is 16.2. The number of pyridine rings is 1. The molecule has 116 valence electrons. The van der Waals surface area contributed by atoms with Gasteiger partial charge in [0.25, 0.3) is 0 Å². The number of hydrogen-bond acceptors (Lipinski definition) is 3. The van der Waals surface area contributed by atoms with Gasteiger partial charge in [0.15, 0.2) is 0 Å². The van der Waals surface area contributed by atoms with E-state index >= 15 is 0 Å². The molecule has 0 spiro atoms. The Morgan fingerprint density at radius 3 is 2.65 bits per heavy atom. The molecule has 0 aliphatic heterocycles. The Bertz CT molecular complexity index is 756. The quantitative estimate of drug-likeness (QED) is 0.759. The van der Waals surface area contributed by atoms with Crippen LogP contribution in [0.3, 0.4) is 0 Å². The van der Waals surface area contributed by atoms with Crippen LogP contribution in [0.25, 0.3) is 5.69 Å². The summed E-state index contributed by atoms with van der Waals surface area (Å²) in [5.74, 6) is 0. The number of nitrogens with one attached hydrogen (secondary N) is 2. The second-order valence-electron chi connectivity index (χ2n) is 5.00. The molecule has 0 aliphatic rings. The zero-order chi connectivity index (χ0) is 15.9. The summed E-state index contributed by atoms with van der Waals surface area (Å²) in [4.78, 5) is 20.0. The van der Waals surface area contributed by atoms with E-state index in [1.54, 1.807) is 24.9 Å². The number of nitrogens with zero attached hydrogens (tertiary/aromatic N) is 3. The molecule has 2 heterocycles. The third kappa shape index (κ3) is 3.94. The molecular formula is C17H17N5O. The summed E-state index contributed by atoms with van der Waals surface area (Å²) in [5.41, 5.74) is 2.97. The largest absolute Gasteiger partial charge is 0.334 e. The van der Waals surface area contributed by atoms with E-state index < -0.39 is 0 Å². The van der Waals surface area contributed by atoms with Crippen LogP contribution in [0, 0.1) is 0 Å². The fourth-order valence-corrected chi connectivity index (χ4v) is 2.24. The van der Waals surface area contributed by atoms with E-state index in [1.807, 2.05) is 47.2 Å². The maximum atomic E-state index is 11.9. The maximum Gasteiger partial charge on any atom is 0.315 e. The third-order valence-electron chi connectivity index (χ3n) is 3.39. The van der Waals surface area contributed by atoms with Gasteiger partial charge in [0, 0.05) is 37.9 Å². The van der Waals surface area contributed by atoms with Gasteiger partial charge >= 0.3 is 6.03 Å². The number of hydrogen-bond donors (Lipinski definition) is 2. The Hall–Kier alpha value is -3.15. The fraction of sp³-hybridized carbons (Fsp3) is 0.118. The fourth-order valence-electron chi connectivity index (χ4n) is 2.24. The molecule has 0 saturated heterocycles. The van der Waals surface area contributed by atoms with Crippen molar-refractivity contribution in [2.45, 2.75) is 13.1 Å². The molecule has 6 heteroatoms. The molecule has 0 radical (unpaired) electrons. The first-order valence-corrected chi connectivity index (χ1v) is 7.30. The Morgan fingerprint density at radius 2 is 1.87 bits per heavy atom. The van der Waals surface area contributed by atoms with Crippen LogP contribution in [-0.2, 0) is 13.1 Å². The Kier molecular flexibility index (Phi) is 4.63. The molecule has 0 fully saturated rings. The summed E-state index contributed by atoms with van der Waals surface area (Å²) in [5, 5.41) is 5.68. The van der Waals surface area contributed by atoms with Crippen LogP contribution in [0.1, 0.15) is 11.1 Å². The Morgan fingerprint density at radius 1 is 1.00 bits per heavy atom. The second kappa shape index (κ2) is 7.22. The summed E-state index contributed by atoms with van der Waals surface area (Å²) in [7, 11) is 0. The predicted octanol–water partition coefficient (Wildman–Crippen LogP) is 2.27. The lowest BCUT2D eigenvalue weighted by molar-refractivity contribution is 0.240. The molecule has 2 aromatic heterocycles. The summed E-state index contributed by atoms with van der Waals surface area (Å²) in [6.45, 7) is 0.885. The van der Waals surface area contributed by atoms with Gasteiger partial charge in [0.05, 0.1) is 12.0 Å². The molecule has 6 nitrogen and oxygen atoms in total. The normalized spacial score (nSPS) is 10.3. The molecule has 2 N–H and O–H groups in total. The van der Waals surface area contributed by atoms with E-state index in [1.165, 1.54) is 0 Å². The van der Waals surface area contributed by atoms with Crippen molar-refractivity contribution in [3.8, 4) is 5.69 Å². The molecule has 0 bridgehead atoms. The number of rotatable bonds is 5. The van der Waals surface area contributed by atoms with Crippen molar-refractivity contribution in [2.24, 2.45) is 0 Å². The van der Waals surface area contributed by atoms with Crippen LogP contribution in [0.2, 0.25) is 0 Å². The lowest BCUT2D eigenvalue weighted by atomic mass is 10.1. The highest BCUT2D eigenvalue weighted by Gasteiger charge is 2.06. The number of carbonyl (C=O) groups is 1. The van der Waals surface area contributed by atoms with E-state index in [0.717, 1.165) is 16.8 Å². The Labute approximate surface area is 134 Å². The monoisotopic (exact) mass is 307 g/mol. The van der Waals surface area contributed by atoms with Gasteiger partial charge in [0.2, 0.25) is 0 Å². The first-order chi connectivity index (χ1) is 11.3. The van der Waals surface area contributed by atoms with Gasteiger partial charge in [-0.25, -0.2) is 9.78 Å². The number of aromatic nitrogens is 3. The maximum absolute atomic E-state index is 11.9. The van der Waals surface area contributed by atoms with Gasteiger partial charge < -0.3 is 15.2 Å². The van der Waals surface area contributed by atoms with Crippen molar-refractivity contribution in [2.75, 3.05) is 0 Å². The molecule has 3 aromatic rings. The number of carbonyl (C=O) groups excluding carboxylic acids is 1. The third-order valence-corrected chi connectivity index (χ3v) is 3.39. The molecule has 0 aliphatic carbocycles. The topological polar surface area (TPSA) is 71.8 Å². The molecule has 23 heavy (non-hydrogen) atoms. The van der Waals surface area contributed by atoms with E-state index in [9.17, 15) is 4.79 Å². The second-order valence-corrected chi connectivity index (χ2v) is 5.00. The van der Waals surface area contributed by atoms with Crippen molar-refractivity contribution in [3.63, 3.8) is 0 Å². The highest BCUT2D eigenvalue weighted by Crippen LogP contribution is 2.13. The van der Waals surface area contributed by atoms with Gasteiger partial charge in [0.1, 0.15) is 0 Å². The molecule has 1 aromatic carbocycles. The molecule has 0 atom stereocenters. The van der Waals surface area contributed by atoms with Crippen LogP contribution in [0.5, 0.6) is 0 Å². The number of benzene rings is 1. The minimum absolute atomic E-state index is 0.214. The average Bonchev–Trinajstić information content (AvgIpc) is 3.14. The van der Waals surface area contributed by atoms with Crippen LogP contribution in [-0.4, -0.2) is 20.6 Å². The predicted molar refractivity (Wildman–Crippen MR) is 86.9 cm³/mol. The van der Waals surface area contributed by atoms with E-state index in [0.29, 0.717) is 13.1 Å². The highest BCUT2D eigenvalue weighted by molar-refractivity contribution is 5.73. The van der Waals surface area contributed by atoms with Crippen molar-refractivity contribution in [1.82, 2.24) is 25.2 Å². The molecule has 0 saturated carbocycles. The molecule has 2 amide bonds. The number of amides is 2. The van der Waals surface area contributed by atoms with Crippen molar-refractivity contribution < 1.29 is 4.79 Å². The van der Waals surface area contributed by atoms with E-state index in [4.69, 9.17) is 0 Å². The molecule has 3 rings (SSSR count). The van der Waals surface area contributed by atoms with Crippen molar-refractivity contribution in [1.29, 1.82) is 0 Å². The summed E-state index contributed by atoms with van der Waals surface area (Å²) < 4.78 is 1.92. The summed E-state index contributed by atoms with van der Waals surface area (Å²) in [6, 6.07) is 11.4. The van der Waals surface area contributed by atoms with Gasteiger partial charge in [-0.2, -0.15) is 0 Å². The zero-order valence-corrected chi connectivity index (χ0v) is 12.5. The number of imidazole rings is 1. The smallest absolute Gasteiger partial charge is 0.315 e. The van der Waals surface area contributed by atoms with Crippen molar-refractivity contribution >= 4 is 6.03 Å². The van der Waals surface area contributed by atoms with E-state index in [-0.39, 0.29) is 6.03 Å². The van der Waals surface area contributed by atoms with Gasteiger partial charge in [-0.3, -0.25) is 4.98 Å².